The molecule has 0 aliphatic carbocycles. The molecular formula is C32H38ClN3O. The Labute approximate surface area is 226 Å². The number of fused-ring (bicyclic) bond motifs is 2. The number of hydrogen-bond acceptors (Lipinski definition) is 3. The smallest absolute Gasteiger partial charge is 0.253 e. The first-order valence-electron chi connectivity index (χ1n) is 13.6. The van der Waals surface area contributed by atoms with Gasteiger partial charge in [-0.05, 0) is 79.6 Å². The number of carbonyl (C=O) groups excluding carboxylic acids is 1. The predicted octanol–water partition coefficient (Wildman–Crippen LogP) is 6.03. The Morgan fingerprint density at radius 2 is 1.78 bits per heavy atom. The van der Waals surface area contributed by atoms with Gasteiger partial charge in [0.15, 0.2) is 0 Å². The predicted molar refractivity (Wildman–Crippen MR) is 152 cm³/mol. The minimum absolute atomic E-state index is 0.0609. The summed E-state index contributed by atoms with van der Waals surface area (Å²) in [4.78, 5) is 17.6. The summed E-state index contributed by atoms with van der Waals surface area (Å²) in [7, 11) is 1.91. The lowest BCUT2D eigenvalue weighted by atomic mass is 9.76. The van der Waals surface area contributed by atoms with E-state index in [1.807, 2.05) is 49.2 Å². The molecule has 2 heterocycles. The zero-order valence-corrected chi connectivity index (χ0v) is 22.8. The van der Waals surface area contributed by atoms with Crippen LogP contribution in [0.4, 0.5) is 0 Å². The lowest BCUT2D eigenvalue weighted by Gasteiger charge is -2.46. The van der Waals surface area contributed by atoms with E-state index in [1.54, 1.807) is 0 Å². The summed E-state index contributed by atoms with van der Waals surface area (Å²) in [5.74, 6) is 0.283. The van der Waals surface area contributed by atoms with E-state index < -0.39 is 0 Å². The number of benzene rings is 3. The van der Waals surface area contributed by atoms with Crippen LogP contribution in [0.5, 0.6) is 0 Å². The van der Waals surface area contributed by atoms with Crippen LogP contribution < -0.4 is 5.32 Å². The maximum atomic E-state index is 13.1. The standard InChI is InChI=1S/C32H38ClN3O/c1-24-12-13-27(22-30(24)33)28(23-35(2)31(37)26-9-4-3-5-10-26)15-19-36-20-16-32(17-21-36)29-11-7-6-8-25(29)14-18-34-32/h3-13,22,28,34H,14-21,23H2,1-2H3. The molecule has 1 N–H and O–H groups in total. The second-order valence-electron chi connectivity index (χ2n) is 10.8. The highest BCUT2D eigenvalue weighted by Gasteiger charge is 2.39. The van der Waals surface area contributed by atoms with Gasteiger partial charge in [-0.25, -0.2) is 0 Å². The molecule has 0 bridgehead atoms. The summed E-state index contributed by atoms with van der Waals surface area (Å²) in [5, 5.41) is 4.68. The molecule has 3 aromatic rings. The number of likely N-dealkylation sites (N-methyl/N-ethyl adjacent to an activating group) is 1. The number of rotatable bonds is 7. The van der Waals surface area contributed by atoms with Crippen molar-refractivity contribution in [3.63, 3.8) is 0 Å². The van der Waals surface area contributed by atoms with E-state index >= 15 is 0 Å². The third-order valence-corrected chi connectivity index (χ3v) is 8.83. The van der Waals surface area contributed by atoms with Crippen molar-refractivity contribution < 1.29 is 4.79 Å². The van der Waals surface area contributed by atoms with E-state index in [1.165, 1.54) is 16.7 Å². The maximum absolute atomic E-state index is 13.1. The lowest BCUT2D eigenvalue weighted by molar-refractivity contribution is 0.0778. The highest BCUT2D eigenvalue weighted by Crippen LogP contribution is 2.38. The maximum Gasteiger partial charge on any atom is 0.253 e. The molecule has 0 aromatic heterocycles. The van der Waals surface area contributed by atoms with Crippen LogP contribution in [0.3, 0.4) is 0 Å². The molecule has 4 nitrogen and oxygen atoms in total. The van der Waals surface area contributed by atoms with Crippen LogP contribution in [0.25, 0.3) is 0 Å². The molecular weight excluding hydrogens is 478 g/mol. The molecule has 1 fully saturated rings. The summed E-state index contributed by atoms with van der Waals surface area (Å²) in [6.07, 6.45) is 4.38. The van der Waals surface area contributed by atoms with Crippen LogP contribution in [0.15, 0.2) is 72.8 Å². The number of hydrogen-bond donors (Lipinski definition) is 1. The molecule has 5 rings (SSSR count). The molecule has 1 saturated heterocycles. The van der Waals surface area contributed by atoms with Crippen LogP contribution >= 0.6 is 11.6 Å². The molecule has 0 saturated carbocycles. The average Bonchev–Trinajstić information content (AvgIpc) is 2.94. The minimum atomic E-state index is 0.0609. The van der Waals surface area contributed by atoms with Gasteiger partial charge < -0.3 is 15.1 Å². The first kappa shape index (κ1) is 26.0. The van der Waals surface area contributed by atoms with Crippen molar-refractivity contribution in [3.05, 3.63) is 106 Å². The quantitative estimate of drug-likeness (QED) is 0.417. The third kappa shape index (κ3) is 5.77. The van der Waals surface area contributed by atoms with Crippen molar-refractivity contribution >= 4 is 17.5 Å². The van der Waals surface area contributed by atoms with Crippen LogP contribution in [0, 0.1) is 6.92 Å². The number of carbonyl (C=O) groups is 1. The first-order chi connectivity index (χ1) is 17.9. The SMILES string of the molecule is Cc1ccc(C(CCN2CCC3(CC2)NCCc2ccccc23)CN(C)C(=O)c2ccccc2)cc1Cl. The van der Waals surface area contributed by atoms with E-state index in [0.29, 0.717) is 6.54 Å². The van der Waals surface area contributed by atoms with Gasteiger partial charge in [-0.1, -0.05) is 66.2 Å². The van der Waals surface area contributed by atoms with Crippen molar-refractivity contribution in [2.45, 2.75) is 44.1 Å². The van der Waals surface area contributed by atoms with Gasteiger partial charge in [-0.15, -0.1) is 0 Å². The molecule has 194 valence electrons. The Balaban J connectivity index is 1.26. The topological polar surface area (TPSA) is 35.6 Å². The molecule has 5 heteroatoms. The van der Waals surface area contributed by atoms with E-state index in [0.717, 1.165) is 68.0 Å². The number of amides is 1. The third-order valence-electron chi connectivity index (χ3n) is 8.42. The molecule has 3 aromatic carbocycles. The minimum Gasteiger partial charge on any atom is -0.341 e. The largest absolute Gasteiger partial charge is 0.341 e. The number of piperidine rings is 1. The number of halogens is 1. The number of likely N-dealkylation sites (tertiary alicyclic amines) is 1. The van der Waals surface area contributed by atoms with Crippen molar-refractivity contribution in [2.75, 3.05) is 39.8 Å². The van der Waals surface area contributed by atoms with E-state index in [-0.39, 0.29) is 17.4 Å². The van der Waals surface area contributed by atoms with Gasteiger partial charge in [-0.3, -0.25) is 4.79 Å². The Hall–Kier alpha value is -2.66. The Morgan fingerprint density at radius 1 is 1.05 bits per heavy atom. The van der Waals surface area contributed by atoms with Gasteiger partial charge in [0.1, 0.15) is 0 Å². The fourth-order valence-electron chi connectivity index (χ4n) is 6.12. The van der Waals surface area contributed by atoms with Gasteiger partial charge in [0.2, 0.25) is 0 Å². The van der Waals surface area contributed by atoms with Crippen molar-refractivity contribution in [1.82, 2.24) is 15.1 Å². The molecule has 2 aliphatic rings. The Kier molecular flexibility index (Phi) is 7.99. The molecule has 1 unspecified atom stereocenters. The first-order valence-corrected chi connectivity index (χ1v) is 14.0. The summed E-state index contributed by atoms with van der Waals surface area (Å²) in [6.45, 7) is 6.95. The zero-order chi connectivity index (χ0) is 25.8. The number of aryl methyl sites for hydroxylation is 1. The molecule has 2 aliphatic heterocycles. The van der Waals surface area contributed by atoms with Gasteiger partial charge >= 0.3 is 0 Å². The summed E-state index contributed by atoms with van der Waals surface area (Å²) in [5.41, 5.74) is 6.16. The van der Waals surface area contributed by atoms with Crippen molar-refractivity contribution in [3.8, 4) is 0 Å². The zero-order valence-electron chi connectivity index (χ0n) is 22.1. The summed E-state index contributed by atoms with van der Waals surface area (Å²) >= 11 is 6.53. The van der Waals surface area contributed by atoms with E-state index in [2.05, 4.69) is 52.7 Å². The second-order valence-corrected chi connectivity index (χ2v) is 11.2. The highest BCUT2D eigenvalue weighted by atomic mass is 35.5. The second kappa shape index (κ2) is 11.4. The number of nitrogens with zero attached hydrogens (tertiary/aromatic N) is 2. The monoisotopic (exact) mass is 515 g/mol. The Morgan fingerprint density at radius 3 is 2.54 bits per heavy atom. The van der Waals surface area contributed by atoms with Crippen molar-refractivity contribution in [1.29, 1.82) is 0 Å². The molecule has 1 amide bonds. The Bertz CT molecular complexity index is 1220. The lowest BCUT2D eigenvalue weighted by Crippen LogP contribution is -2.54. The van der Waals surface area contributed by atoms with E-state index in [9.17, 15) is 4.79 Å². The van der Waals surface area contributed by atoms with Crippen LogP contribution in [-0.4, -0.2) is 55.5 Å². The van der Waals surface area contributed by atoms with Crippen LogP contribution in [0.1, 0.15) is 57.8 Å². The van der Waals surface area contributed by atoms with Gasteiger partial charge in [-0.2, -0.15) is 0 Å². The summed E-state index contributed by atoms with van der Waals surface area (Å²) in [6, 6.07) is 24.9. The van der Waals surface area contributed by atoms with Crippen LogP contribution in [-0.2, 0) is 12.0 Å². The normalized spacial score (nSPS) is 17.8. The average molecular weight is 516 g/mol. The van der Waals surface area contributed by atoms with Gasteiger partial charge in [0, 0.05) is 55.3 Å². The van der Waals surface area contributed by atoms with Crippen LogP contribution in [0.2, 0.25) is 5.02 Å². The fraction of sp³-hybridized carbons (Fsp3) is 0.406. The van der Waals surface area contributed by atoms with Crippen molar-refractivity contribution in [2.24, 2.45) is 0 Å². The molecule has 1 atom stereocenters. The van der Waals surface area contributed by atoms with E-state index in [4.69, 9.17) is 11.6 Å². The van der Waals surface area contributed by atoms with Gasteiger partial charge in [0.05, 0.1) is 0 Å². The molecule has 1 spiro atoms. The summed E-state index contributed by atoms with van der Waals surface area (Å²) < 4.78 is 0. The molecule has 0 radical (unpaired) electrons. The molecule has 37 heavy (non-hydrogen) atoms. The van der Waals surface area contributed by atoms with Gasteiger partial charge in [0.25, 0.3) is 5.91 Å². The highest BCUT2D eigenvalue weighted by molar-refractivity contribution is 6.31. The fourth-order valence-corrected chi connectivity index (χ4v) is 6.31. The number of nitrogens with one attached hydrogen (secondary N) is 1.